The van der Waals surface area contributed by atoms with Gasteiger partial charge in [0.1, 0.15) is 0 Å². The second kappa shape index (κ2) is 9.49. The third-order valence-corrected chi connectivity index (χ3v) is 6.91. The predicted molar refractivity (Wildman–Crippen MR) is 126 cm³/mol. The zero-order chi connectivity index (χ0) is 22.0. The van der Waals surface area contributed by atoms with Crippen LogP contribution in [-0.4, -0.2) is 38.1 Å². The zero-order valence-corrected chi connectivity index (χ0v) is 19.5. The lowest BCUT2D eigenvalue weighted by atomic mass is 9.91. The first-order chi connectivity index (χ1) is 15.0. The molecule has 1 aliphatic rings. The van der Waals surface area contributed by atoms with Crippen molar-refractivity contribution in [2.75, 3.05) is 32.6 Å². The van der Waals surface area contributed by atoms with Gasteiger partial charge in [-0.1, -0.05) is 35.3 Å². The van der Waals surface area contributed by atoms with E-state index in [0.29, 0.717) is 27.2 Å². The third-order valence-electron chi connectivity index (χ3n) is 5.36. The number of para-hydroxylation sites is 1. The number of rotatable bonds is 6. The molecule has 0 saturated carbocycles. The maximum atomic E-state index is 12.9. The van der Waals surface area contributed by atoms with Crippen LogP contribution in [0.15, 0.2) is 47.8 Å². The number of nitrogens with one attached hydrogen (secondary N) is 1. The second-order valence-corrected chi connectivity index (χ2v) is 8.98. The van der Waals surface area contributed by atoms with Gasteiger partial charge in [-0.3, -0.25) is 9.69 Å². The van der Waals surface area contributed by atoms with Crippen molar-refractivity contribution < 1.29 is 14.3 Å². The summed E-state index contributed by atoms with van der Waals surface area (Å²) in [6.45, 7) is 0.937. The molecule has 0 aliphatic carbocycles. The number of methoxy groups -OCH3 is 2. The number of hydrogen-bond acceptors (Lipinski definition) is 5. The van der Waals surface area contributed by atoms with E-state index in [4.69, 9.17) is 32.7 Å². The van der Waals surface area contributed by atoms with Crippen LogP contribution in [0, 0.1) is 0 Å². The molecule has 1 N–H and O–H groups in total. The summed E-state index contributed by atoms with van der Waals surface area (Å²) >= 11 is 14.1. The number of anilines is 1. The van der Waals surface area contributed by atoms with Crippen molar-refractivity contribution in [2.45, 2.75) is 12.5 Å². The summed E-state index contributed by atoms with van der Waals surface area (Å²) in [5, 5.41) is 5.75. The van der Waals surface area contributed by atoms with E-state index >= 15 is 0 Å². The van der Waals surface area contributed by atoms with Crippen molar-refractivity contribution in [1.82, 2.24) is 4.90 Å². The Morgan fingerprint density at radius 2 is 1.84 bits per heavy atom. The lowest BCUT2D eigenvalue weighted by Gasteiger charge is -2.37. The van der Waals surface area contributed by atoms with Crippen molar-refractivity contribution in [3.63, 3.8) is 0 Å². The molecule has 3 aromatic rings. The Balaban J connectivity index is 1.64. The van der Waals surface area contributed by atoms with Gasteiger partial charge in [0.15, 0.2) is 11.5 Å². The molecule has 4 rings (SSSR count). The molecule has 2 aromatic carbocycles. The highest BCUT2D eigenvalue weighted by Crippen LogP contribution is 2.42. The van der Waals surface area contributed by atoms with Gasteiger partial charge < -0.3 is 14.8 Å². The Morgan fingerprint density at radius 3 is 2.48 bits per heavy atom. The fraction of sp³-hybridized carbons (Fsp3) is 0.261. The summed E-state index contributed by atoms with van der Waals surface area (Å²) in [5.41, 5.74) is 2.75. The first-order valence-electron chi connectivity index (χ1n) is 9.78. The van der Waals surface area contributed by atoms with Crippen LogP contribution in [0.3, 0.4) is 0 Å². The predicted octanol–water partition coefficient (Wildman–Crippen LogP) is 5.66. The number of hydrogen-bond donors (Lipinski definition) is 1. The van der Waals surface area contributed by atoms with E-state index in [0.717, 1.165) is 23.4 Å². The molecule has 0 radical (unpaired) electrons. The average Bonchev–Trinajstić information content (AvgIpc) is 3.29. The summed E-state index contributed by atoms with van der Waals surface area (Å²) in [7, 11) is 3.27. The molecule has 0 bridgehead atoms. The quantitative estimate of drug-likeness (QED) is 0.498. The van der Waals surface area contributed by atoms with Gasteiger partial charge in [-0.2, -0.15) is 0 Å². The molecular formula is C23H22Cl2N2O3S. The first-order valence-corrected chi connectivity index (χ1v) is 11.4. The smallest absolute Gasteiger partial charge is 0.238 e. The Morgan fingerprint density at radius 1 is 1.13 bits per heavy atom. The summed E-state index contributed by atoms with van der Waals surface area (Å²) in [5.74, 6) is 1.23. The number of benzene rings is 2. The minimum atomic E-state index is -0.166. The highest BCUT2D eigenvalue weighted by molar-refractivity contribution is 7.10. The van der Waals surface area contributed by atoms with Crippen molar-refractivity contribution >= 4 is 46.1 Å². The number of halogens is 2. The summed E-state index contributed by atoms with van der Waals surface area (Å²) < 4.78 is 11.0. The molecule has 31 heavy (non-hydrogen) atoms. The lowest BCUT2D eigenvalue weighted by molar-refractivity contribution is -0.117. The number of carbonyl (C=O) groups excluding carboxylic acids is 1. The van der Waals surface area contributed by atoms with Crippen LogP contribution in [0.4, 0.5) is 5.69 Å². The molecule has 1 aromatic heterocycles. The maximum Gasteiger partial charge on any atom is 0.238 e. The Labute approximate surface area is 195 Å². The summed E-state index contributed by atoms with van der Waals surface area (Å²) in [6, 6.07) is 13.3. The normalized spacial score (nSPS) is 15.9. The summed E-state index contributed by atoms with van der Waals surface area (Å²) in [6.07, 6.45) is 0.803. The molecule has 0 spiro atoms. The van der Waals surface area contributed by atoms with Gasteiger partial charge in [0.2, 0.25) is 5.91 Å². The van der Waals surface area contributed by atoms with E-state index < -0.39 is 0 Å². The molecular weight excluding hydrogens is 455 g/mol. The monoisotopic (exact) mass is 476 g/mol. The van der Waals surface area contributed by atoms with E-state index in [1.54, 1.807) is 43.8 Å². The molecule has 1 amide bonds. The highest BCUT2D eigenvalue weighted by Gasteiger charge is 2.32. The average molecular weight is 477 g/mol. The number of nitrogens with zero attached hydrogens (tertiary/aromatic N) is 1. The largest absolute Gasteiger partial charge is 0.493 e. The number of fused-ring (bicyclic) bond motifs is 1. The zero-order valence-electron chi connectivity index (χ0n) is 17.2. The van der Waals surface area contributed by atoms with E-state index in [1.807, 2.05) is 23.6 Å². The number of ether oxygens (including phenoxy) is 2. The fourth-order valence-electron chi connectivity index (χ4n) is 3.93. The van der Waals surface area contributed by atoms with E-state index in [9.17, 15) is 4.79 Å². The second-order valence-electron chi connectivity index (χ2n) is 7.19. The number of carbonyl (C=O) groups is 1. The van der Waals surface area contributed by atoms with Crippen LogP contribution < -0.4 is 14.8 Å². The van der Waals surface area contributed by atoms with Crippen molar-refractivity contribution in [2.24, 2.45) is 0 Å². The lowest BCUT2D eigenvalue weighted by Crippen LogP contribution is -2.41. The van der Waals surface area contributed by atoms with Crippen LogP contribution in [0.1, 0.15) is 22.0 Å². The molecule has 1 atom stereocenters. The Kier molecular flexibility index (Phi) is 6.72. The molecule has 1 aliphatic heterocycles. The van der Waals surface area contributed by atoms with Crippen LogP contribution in [-0.2, 0) is 11.2 Å². The van der Waals surface area contributed by atoms with Crippen molar-refractivity contribution in [3.8, 4) is 11.5 Å². The molecule has 5 nitrogen and oxygen atoms in total. The first kappa shape index (κ1) is 22.0. The minimum Gasteiger partial charge on any atom is -0.493 e. The standard InChI is InChI=1S/C23H22Cl2N2O3S/c1-29-18-11-14-8-9-27(13-21(28)26-22-16(24)5-3-6-17(22)25)23(20-7-4-10-31-20)15(14)12-19(18)30-2/h3-7,10-12,23H,8-9,13H2,1-2H3,(H,26,28)/t23-/m1/s1. The van der Waals surface area contributed by atoms with Crippen molar-refractivity contribution in [3.05, 3.63) is 73.9 Å². The number of amides is 1. The van der Waals surface area contributed by atoms with Crippen LogP contribution in [0.25, 0.3) is 0 Å². The molecule has 0 fully saturated rings. The molecule has 0 unspecified atom stereocenters. The molecule has 8 heteroatoms. The van der Waals surface area contributed by atoms with E-state index in [2.05, 4.69) is 16.3 Å². The maximum absolute atomic E-state index is 12.9. The van der Waals surface area contributed by atoms with Gasteiger partial charge in [-0.05, 0) is 53.3 Å². The van der Waals surface area contributed by atoms with Gasteiger partial charge in [-0.15, -0.1) is 11.3 Å². The van der Waals surface area contributed by atoms with E-state index in [1.165, 1.54) is 5.56 Å². The van der Waals surface area contributed by atoms with E-state index in [-0.39, 0.29) is 18.5 Å². The van der Waals surface area contributed by atoms with Gasteiger partial charge in [0.05, 0.1) is 42.5 Å². The summed E-state index contributed by atoms with van der Waals surface area (Å²) in [4.78, 5) is 16.3. The Bertz CT molecular complexity index is 1070. The van der Waals surface area contributed by atoms with Gasteiger partial charge in [-0.25, -0.2) is 0 Å². The Hall–Kier alpha value is -2.25. The van der Waals surface area contributed by atoms with Crippen molar-refractivity contribution in [1.29, 1.82) is 0 Å². The van der Waals surface area contributed by atoms with Crippen LogP contribution in [0.2, 0.25) is 10.0 Å². The highest BCUT2D eigenvalue weighted by atomic mass is 35.5. The topological polar surface area (TPSA) is 50.8 Å². The minimum absolute atomic E-state index is 0.0592. The fourth-order valence-corrected chi connectivity index (χ4v) is 5.30. The van der Waals surface area contributed by atoms with Gasteiger partial charge in [0.25, 0.3) is 0 Å². The number of thiophene rings is 1. The molecule has 2 heterocycles. The van der Waals surface area contributed by atoms with Gasteiger partial charge in [0, 0.05) is 11.4 Å². The van der Waals surface area contributed by atoms with Crippen LogP contribution >= 0.6 is 34.5 Å². The SMILES string of the molecule is COc1cc2c(cc1OC)[C@H](c1cccs1)N(CC(=O)Nc1c(Cl)cccc1Cl)CC2. The molecule has 162 valence electrons. The third kappa shape index (κ3) is 4.53. The van der Waals surface area contributed by atoms with Crippen LogP contribution in [0.5, 0.6) is 11.5 Å². The molecule has 0 saturated heterocycles. The van der Waals surface area contributed by atoms with Gasteiger partial charge >= 0.3 is 0 Å².